The molecule has 15 heavy (non-hydrogen) atoms. The van der Waals surface area contributed by atoms with Crippen LogP contribution in [-0.2, 0) is 4.79 Å². The SMILES string of the molecule is C[C@@H](CC(=O)[O-])c1c[nH]c2ccccc12. The maximum Gasteiger partial charge on any atom is 0.0456 e. The largest absolute Gasteiger partial charge is 0.550 e. The van der Waals surface area contributed by atoms with E-state index >= 15 is 0 Å². The van der Waals surface area contributed by atoms with Crippen LogP contribution in [-0.4, -0.2) is 11.0 Å². The first kappa shape index (κ1) is 9.77. The number of aromatic nitrogens is 1. The quantitative estimate of drug-likeness (QED) is 0.818. The van der Waals surface area contributed by atoms with Crippen molar-refractivity contribution in [2.75, 3.05) is 0 Å². The van der Waals surface area contributed by atoms with E-state index < -0.39 is 5.97 Å². The summed E-state index contributed by atoms with van der Waals surface area (Å²) in [5, 5.41) is 11.6. The van der Waals surface area contributed by atoms with Gasteiger partial charge in [-0.2, -0.15) is 0 Å². The molecule has 0 spiro atoms. The Labute approximate surface area is 87.7 Å². The van der Waals surface area contributed by atoms with E-state index in [-0.39, 0.29) is 12.3 Å². The van der Waals surface area contributed by atoms with Crippen molar-refractivity contribution in [1.82, 2.24) is 4.98 Å². The molecule has 78 valence electrons. The Morgan fingerprint density at radius 1 is 1.47 bits per heavy atom. The van der Waals surface area contributed by atoms with Gasteiger partial charge < -0.3 is 14.9 Å². The molecule has 0 radical (unpaired) electrons. The van der Waals surface area contributed by atoms with Crippen molar-refractivity contribution in [1.29, 1.82) is 0 Å². The Morgan fingerprint density at radius 3 is 2.93 bits per heavy atom. The average Bonchev–Trinajstić information content (AvgIpc) is 2.59. The lowest BCUT2D eigenvalue weighted by Gasteiger charge is -2.10. The van der Waals surface area contributed by atoms with Gasteiger partial charge in [0.2, 0.25) is 0 Å². The molecule has 0 amide bonds. The van der Waals surface area contributed by atoms with E-state index in [2.05, 4.69) is 4.98 Å². The van der Waals surface area contributed by atoms with E-state index in [4.69, 9.17) is 0 Å². The summed E-state index contributed by atoms with van der Waals surface area (Å²) in [5.74, 6) is -1.03. The molecule has 0 saturated heterocycles. The zero-order valence-corrected chi connectivity index (χ0v) is 8.49. The number of carboxylic acid groups (broad SMARTS) is 1. The highest BCUT2D eigenvalue weighted by molar-refractivity contribution is 5.84. The van der Waals surface area contributed by atoms with Gasteiger partial charge in [0.15, 0.2) is 0 Å². The third-order valence-electron chi connectivity index (χ3n) is 2.63. The van der Waals surface area contributed by atoms with Crippen LogP contribution >= 0.6 is 0 Å². The first-order valence-electron chi connectivity index (χ1n) is 4.94. The van der Waals surface area contributed by atoms with Crippen molar-refractivity contribution in [3.63, 3.8) is 0 Å². The highest BCUT2D eigenvalue weighted by Crippen LogP contribution is 2.26. The molecule has 0 aliphatic heterocycles. The number of rotatable bonds is 3. The van der Waals surface area contributed by atoms with Gasteiger partial charge in [0, 0.05) is 23.1 Å². The van der Waals surface area contributed by atoms with Gasteiger partial charge in [0.25, 0.3) is 0 Å². The number of aromatic amines is 1. The Balaban J connectivity index is 2.39. The molecule has 1 aromatic heterocycles. The Morgan fingerprint density at radius 2 is 2.20 bits per heavy atom. The molecule has 0 unspecified atom stereocenters. The van der Waals surface area contributed by atoms with Crippen molar-refractivity contribution in [2.24, 2.45) is 0 Å². The van der Waals surface area contributed by atoms with E-state index in [1.165, 1.54) is 0 Å². The second kappa shape index (κ2) is 3.77. The van der Waals surface area contributed by atoms with E-state index in [1.54, 1.807) is 0 Å². The van der Waals surface area contributed by atoms with Crippen molar-refractivity contribution in [2.45, 2.75) is 19.3 Å². The first-order valence-corrected chi connectivity index (χ1v) is 4.94. The van der Waals surface area contributed by atoms with Crippen LogP contribution in [0.15, 0.2) is 30.5 Å². The van der Waals surface area contributed by atoms with Gasteiger partial charge in [-0.15, -0.1) is 0 Å². The second-order valence-corrected chi connectivity index (χ2v) is 3.77. The molecular weight excluding hydrogens is 190 g/mol. The number of aliphatic carboxylic acids is 1. The number of carbonyl (C=O) groups is 1. The highest BCUT2D eigenvalue weighted by atomic mass is 16.4. The van der Waals surface area contributed by atoms with Crippen LogP contribution in [0.1, 0.15) is 24.8 Å². The van der Waals surface area contributed by atoms with E-state index in [0.717, 1.165) is 16.5 Å². The fraction of sp³-hybridized carbons (Fsp3) is 0.250. The van der Waals surface area contributed by atoms with Crippen molar-refractivity contribution in [3.8, 4) is 0 Å². The Kier molecular flexibility index (Phi) is 2.46. The van der Waals surface area contributed by atoms with Gasteiger partial charge in [-0.1, -0.05) is 25.1 Å². The predicted molar refractivity (Wildman–Crippen MR) is 56.3 cm³/mol. The van der Waals surface area contributed by atoms with Crippen molar-refractivity contribution >= 4 is 16.9 Å². The number of carbonyl (C=O) groups excluding carboxylic acids is 1. The van der Waals surface area contributed by atoms with Gasteiger partial charge >= 0.3 is 0 Å². The van der Waals surface area contributed by atoms with Crippen LogP contribution in [0.3, 0.4) is 0 Å². The van der Waals surface area contributed by atoms with Gasteiger partial charge in [-0.25, -0.2) is 0 Å². The minimum Gasteiger partial charge on any atom is -0.550 e. The number of nitrogens with one attached hydrogen (secondary N) is 1. The minimum atomic E-state index is -1.01. The lowest BCUT2D eigenvalue weighted by molar-refractivity contribution is -0.306. The summed E-state index contributed by atoms with van der Waals surface area (Å²) in [6.07, 6.45) is 1.93. The number of H-pyrrole nitrogens is 1. The van der Waals surface area contributed by atoms with Crippen LogP contribution in [0.25, 0.3) is 10.9 Å². The van der Waals surface area contributed by atoms with Gasteiger partial charge in [0.1, 0.15) is 0 Å². The van der Waals surface area contributed by atoms with Gasteiger partial charge in [-0.05, 0) is 24.0 Å². The standard InChI is InChI=1S/C12H13NO2/c1-8(6-12(14)15)10-7-13-11-5-3-2-4-9(10)11/h2-5,7-8,13H,6H2,1H3,(H,14,15)/p-1/t8-/m0/s1. The number of benzene rings is 1. The van der Waals surface area contributed by atoms with Gasteiger partial charge in [-0.3, -0.25) is 0 Å². The minimum absolute atomic E-state index is 0.0221. The molecule has 3 heteroatoms. The number of carboxylic acids is 1. The molecule has 0 bridgehead atoms. The van der Waals surface area contributed by atoms with Crippen LogP contribution < -0.4 is 5.11 Å². The molecule has 0 fully saturated rings. The lowest BCUT2D eigenvalue weighted by atomic mass is 9.97. The average molecular weight is 202 g/mol. The third-order valence-corrected chi connectivity index (χ3v) is 2.63. The summed E-state index contributed by atoms with van der Waals surface area (Å²) in [5.41, 5.74) is 2.08. The van der Waals surface area contributed by atoms with E-state index in [0.29, 0.717) is 0 Å². The molecule has 0 aliphatic carbocycles. The number of para-hydroxylation sites is 1. The molecule has 0 aliphatic rings. The third kappa shape index (κ3) is 1.86. The topological polar surface area (TPSA) is 55.9 Å². The summed E-state index contributed by atoms with van der Waals surface area (Å²) in [6, 6.07) is 7.87. The zero-order chi connectivity index (χ0) is 10.8. The summed E-state index contributed by atoms with van der Waals surface area (Å²) in [6.45, 7) is 1.89. The van der Waals surface area contributed by atoms with Crippen molar-refractivity contribution < 1.29 is 9.90 Å². The normalized spacial score (nSPS) is 12.9. The highest BCUT2D eigenvalue weighted by Gasteiger charge is 2.10. The molecule has 1 aromatic carbocycles. The number of hydrogen-bond donors (Lipinski definition) is 1. The number of hydrogen-bond acceptors (Lipinski definition) is 2. The smallest absolute Gasteiger partial charge is 0.0456 e. The molecule has 1 N–H and O–H groups in total. The van der Waals surface area contributed by atoms with Crippen molar-refractivity contribution in [3.05, 3.63) is 36.0 Å². The molecule has 1 atom stereocenters. The Hall–Kier alpha value is -1.77. The number of fused-ring (bicyclic) bond motifs is 1. The van der Waals surface area contributed by atoms with Crippen LogP contribution in [0, 0.1) is 0 Å². The van der Waals surface area contributed by atoms with Crippen LogP contribution in [0.5, 0.6) is 0 Å². The fourth-order valence-corrected chi connectivity index (χ4v) is 1.86. The van der Waals surface area contributed by atoms with E-state index in [1.807, 2.05) is 37.4 Å². The maximum absolute atomic E-state index is 10.5. The maximum atomic E-state index is 10.5. The molecule has 2 aromatic rings. The summed E-state index contributed by atoms with van der Waals surface area (Å²) in [7, 11) is 0. The first-order chi connectivity index (χ1) is 7.18. The zero-order valence-electron chi connectivity index (χ0n) is 8.49. The second-order valence-electron chi connectivity index (χ2n) is 3.77. The summed E-state index contributed by atoms with van der Waals surface area (Å²) in [4.78, 5) is 13.6. The lowest BCUT2D eigenvalue weighted by Crippen LogP contribution is -2.23. The van der Waals surface area contributed by atoms with Crippen LogP contribution in [0.2, 0.25) is 0 Å². The monoisotopic (exact) mass is 202 g/mol. The van der Waals surface area contributed by atoms with E-state index in [9.17, 15) is 9.90 Å². The summed E-state index contributed by atoms with van der Waals surface area (Å²) < 4.78 is 0. The fourth-order valence-electron chi connectivity index (χ4n) is 1.86. The van der Waals surface area contributed by atoms with Crippen LogP contribution in [0.4, 0.5) is 0 Å². The molecule has 0 saturated carbocycles. The van der Waals surface area contributed by atoms with Gasteiger partial charge in [0.05, 0.1) is 0 Å². The predicted octanol–water partition coefficient (Wildman–Crippen LogP) is 1.41. The summed E-state index contributed by atoms with van der Waals surface area (Å²) >= 11 is 0. The molecular formula is C12H12NO2-. The molecule has 1 heterocycles. The molecule has 2 rings (SSSR count). The molecule has 3 nitrogen and oxygen atoms in total. The Bertz CT molecular complexity index is 487.